The molecular weight excluding hydrogens is 100 g/mol. The molecule has 2 unspecified atom stereocenters. The lowest BCUT2D eigenvalue weighted by atomic mass is 10.1. The number of rotatable bonds is 1. The van der Waals surface area contributed by atoms with Gasteiger partial charge in [0.2, 0.25) is 0 Å². The van der Waals surface area contributed by atoms with Gasteiger partial charge in [-0.1, -0.05) is 13.8 Å². The summed E-state index contributed by atoms with van der Waals surface area (Å²) in [5.41, 5.74) is -0.311. The summed E-state index contributed by atoms with van der Waals surface area (Å²) in [6, 6.07) is 0. The second-order valence-corrected chi connectivity index (χ2v) is 3.41. The van der Waals surface area contributed by atoms with Gasteiger partial charge in [0.05, 0.1) is 5.60 Å². The van der Waals surface area contributed by atoms with E-state index in [4.69, 9.17) is 0 Å². The van der Waals surface area contributed by atoms with Gasteiger partial charge in [-0.05, 0) is 25.2 Å². The van der Waals surface area contributed by atoms with E-state index >= 15 is 0 Å². The third-order valence-electron chi connectivity index (χ3n) is 2.08. The van der Waals surface area contributed by atoms with Crippen LogP contribution in [0, 0.1) is 11.8 Å². The Labute approximate surface area is 50.7 Å². The van der Waals surface area contributed by atoms with Gasteiger partial charge in [-0.15, -0.1) is 0 Å². The highest BCUT2D eigenvalue weighted by atomic mass is 16.3. The van der Waals surface area contributed by atoms with E-state index in [0.29, 0.717) is 11.8 Å². The van der Waals surface area contributed by atoms with Crippen LogP contribution in [0.5, 0.6) is 0 Å². The Morgan fingerprint density at radius 1 is 1.62 bits per heavy atom. The fourth-order valence-electron chi connectivity index (χ4n) is 1.34. The first-order chi connectivity index (χ1) is 3.54. The summed E-state index contributed by atoms with van der Waals surface area (Å²) in [6.45, 7) is 6.23. The molecule has 0 bridgehead atoms. The van der Waals surface area contributed by atoms with Gasteiger partial charge < -0.3 is 5.11 Å². The molecule has 1 aliphatic rings. The molecule has 0 aliphatic heterocycles. The maximum atomic E-state index is 9.26. The van der Waals surface area contributed by atoms with Gasteiger partial charge in [0.25, 0.3) is 0 Å². The largest absolute Gasteiger partial charge is 0.390 e. The van der Waals surface area contributed by atoms with Crippen molar-refractivity contribution in [3.8, 4) is 0 Å². The number of hydrogen-bond donors (Lipinski definition) is 1. The predicted molar refractivity (Wildman–Crippen MR) is 33.6 cm³/mol. The maximum Gasteiger partial charge on any atom is 0.0655 e. The van der Waals surface area contributed by atoms with Crippen molar-refractivity contribution in [1.29, 1.82) is 0 Å². The third-order valence-corrected chi connectivity index (χ3v) is 2.08. The molecule has 0 radical (unpaired) electrons. The smallest absolute Gasteiger partial charge is 0.0655 e. The van der Waals surface area contributed by atoms with Crippen molar-refractivity contribution in [3.05, 3.63) is 0 Å². The molecule has 1 saturated carbocycles. The molecule has 1 heteroatoms. The minimum Gasteiger partial charge on any atom is -0.390 e. The van der Waals surface area contributed by atoms with Gasteiger partial charge in [0, 0.05) is 0 Å². The second kappa shape index (κ2) is 1.47. The molecule has 0 aromatic rings. The first-order valence-corrected chi connectivity index (χ1v) is 3.26. The van der Waals surface area contributed by atoms with E-state index in [2.05, 4.69) is 13.8 Å². The molecule has 1 aliphatic carbocycles. The molecule has 48 valence electrons. The summed E-state index contributed by atoms with van der Waals surface area (Å²) < 4.78 is 0. The van der Waals surface area contributed by atoms with Crippen molar-refractivity contribution < 1.29 is 5.11 Å². The average Bonchev–Trinajstić information content (AvgIpc) is 2.13. The summed E-state index contributed by atoms with van der Waals surface area (Å²) in [5, 5.41) is 9.26. The van der Waals surface area contributed by atoms with Gasteiger partial charge in [-0.2, -0.15) is 0 Å². The van der Waals surface area contributed by atoms with Gasteiger partial charge >= 0.3 is 0 Å². The topological polar surface area (TPSA) is 20.2 Å². The van der Waals surface area contributed by atoms with Gasteiger partial charge in [0.1, 0.15) is 0 Å². The SMILES string of the molecule is CC(C)C1CC1(C)O. The van der Waals surface area contributed by atoms with Crippen molar-refractivity contribution >= 4 is 0 Å². The molecule has 0 heterocycles. The van der Waals surface area contributed by atoms with Gasteiger partial charge in [0.15, 0.2) is 0 Å². The Kier molecular flexibility index (Phi) is 1.12. The molecule has 0 aromatic heterocycles. The zero-order chi connectivity index (χ0) is 6.36. The Morgan fingerprint density at radius 2 is 2.00 bits per heavy atom. The molecule has 1 N–H and O–H groups in total. The Bertz CT molecular complexity index is 94.6. The van der Waals surface area contributed by atoms with Crippen LogP contribution in [0.25, 0.3) is 0 Å². The summed E-state index contributed by atoms with van der Waals surface area (Å²) in [6.07, 6.45) is 1.00. The normalized spacial score (nSPS) is 45.4. The Hall–Kier alpha value is -0.0400. The standard InChI is InChI=1S/C7H14O/c1-5(2)6-4-7(6,3)8/h5-6,8H,4H2,1-3H3. The maximum absolute atomic E-state index is 9.26. The highest BCUT2D eigenvalue weighted by Gasteiger charge is 2.49. The van der Waals surface area contributed by atoms with Crippen molar-refractivity contribution in [1.82, 2.24) is 0 Å². The van der Waals surface area contributed by atoms with Crippen LogP contribution in [0.2, 0.25) is 0 Å². The Balaban J connectivity index is 2.37. The van der Waals surface area contributed by atoms with Crippen molar-refractivity contribution in [2.24, 2.45) is 11.8 Å². The lowest BCUT2D eigenvalue weighted by molar-refractivity contribution is 0.141. The zero-order valence-electron chi connectivity index (χ0n) is 5.81. The first kappa shape index (κ1) is 6.09. The molecule has 1 fully saturated rings. The van der Waals surface area contributed by atoms with E-state index in [9.17, 15) is 5.11 Å². The van der Waals surface area contributed by atoms with E-state index < -0.39 is 0 Å². The molecule has 0 saturated heterocycles. The van der Waals surface area contributed by atoms with Crippen LogP contribution < -0.4 is 0 Å². The van der Waals surface area contributed by atoms with E-state index in [1.165, 1.54) is 0 Å². The molecule has 0 amide bonds. The monoisotopic (exact) mass is 114 g/mol. The molecule has 0 aromatic carbocycles. The van der Waals surface area contributed by atoms with Gasteiger partial charge in [-0.3, -0.25) is 0 Å². The van der Waals surface area contributed by atoms with Crippen molar-refractivity contribution in [2.45, 2.75) is 32.8 Å². The van der Waals surface area contributed by atoms with Crippen molar-refractivity contribution in [3.63, 3.8) is 0 Å². The molecule has 1 nitrogen and oxygen atoms in total. The molecule has 1 rings (SSSR count). The predicted octanol–water partition coefficient (Wildman–Crippen LogP) is 1.41. The number of hydrogen-bond acceptors (Lipinski definition) is 1. The number of aliphatic hydroxyl groups is 1. The van der Waals surface area contributed by atoms with Gasteiger partial charge in [-0.25, -0.2) is 0 Å². The van der Waals surface area contributed by atoms with Crippen LogP contribution in [-0.2, 0) is 0 Å². The molecular formula is C7H14O. The molecule has 2 atom stereocenters. The second-order valence-electron chi connectivity index (χ2n) is 3.41. The van der Waals surface area contributed by atoms with Crippen LogP contribution in [0.4, 0.5) is 0 Å². The van der Waals surface area contributed by atoms with E-state index in [0.717, 1.165) is 6.42 Å². The lowest BCUT2D eigenvalue weighted by Gasteiger charge is -2.03. The quantitative estimate of drug-likeness (QED) is 0.546. The van der Waals surface area contributed by atoms with Crippen LogP contribution in [0.3, 0.4) is 0 Å². The summed E-state index contributed by atoms with van der Waals surface area (Å²) in [7, 11) is 0. The fourth-order valence-corrected chi connectivity index (χ4v) is 1.34. The fraction of sp³-hybridized carbons (Fsp3) is 1.00. The minimum absolute atomic E-state index is 0.311. The van der Waals surface area contributed by atoms with E-state index in [1.807, 2.05) is 6.92 Å². The van der Waals surface area contributed by atoms with Crippen molar-refractivity contribution in [2.75, 3.05) is 0 Å². The van der Waals surface area contributed by atoms with E-state index in [-0.39, 0.29) is 5.60 Å². The molecule has 8 heavy (non-hydrogen) atoms. The van der Waals surface area contributed by atoms with Crippen LogP contribution in [0.1, 0.15) is 27.2 Å². The van der Waals surface area contributed by atoms with Crippen LogP contribution in [0.15, 0.2) is 0 Å². The Morgan fingerprint density at radius 3 is 2.00 bits per heavy atom. The average molecular weight is 114 g/mol. The van der Waals surface area contributed by atoms with Crippen LogP contribution >= 0.6 is 0 Å². The lowest BCUT2D eigenvalue weighted by Crippen LogP contribution is -2.07. The summed E-state index contributed by atoms with van der Waals surface area (Å²) >= 11 is 0. The summed E-state index contributed by atoms with van der Waals surface area (Å²) in [5.74, 6) is 1.23. The molecule has 0 spiro atoms. The minimum atomic E-state index is -0.311. The van der Waals surface area contributed by atoms with E-state index in [1.54, 1.807) is 0 Å². The zero-order valence-corrected chi connectivity index (χ0v) is 5.81. The highest BCUT2D eigenvalue weighted by molar-refractivity contribution is 5.00. The van der Waals surface area contributed by atoms with Crippen LogP contribution in [-0.4, -0.2) is 10.7 Å². The summed E-state index contributed by atoms with van der Waals surface area (Å²) in [4.78, 5) is 0. The third kappa shape index (κ3) is 0.873. The highest BCUT2D eigenvalue weighted by Crippen LogP contribution is 2.47. The first-order valence-electron chi connectivity index (χ1n) is 3.26.